The van der Waals surface area contributed by atoms with Crippen molar-refractivity contribution >= 4 is 11.8 Å². The summed E-state index contributed by atoms with van der Waals surface area (Å²) in [5, 5.41) is 0. The Morgan fingerprint density at radius 3 is 2.28 bits per heavy atom. The van der Waals surface area contributed by atoms with Gasteiger partial charge in [-0.3, -0.25) is 9.59 Å². The first-order valence-electron chi connectivity index (χ1n) is 6.46. The Morgan fingerprint density at radius 1 is 1.06 bits per heavy atom. The van der Waals surface area contributed by atoms with Gasteiger partial charge in [0.25, 0.3) is 0 Å². The highest BCUT2D eigenvalue weighted by molar-refractivity contribution is 5.77. The molecule has 0 radical (unpaired) electrons. The van der Waals surface area contributed by atoms with E-state index in [2.05, 4.69) is 4.74 Å². The Hall–Kier alpha value is -1.00. The summed E-state index contributed by atoms with van der Waals surface area (Å²) >= 11 is 0. The molecule has 0 N–H and O–H groups in total. The van der Waals surface area contributed by atoms with E-state index in [-0.39, 0.29) is 25.2 Å². The quantitative estimate of drug-likeness (QED) is 0.448. The van der Waals surface area contributed by atoms with Gasteiger partial charge in [0.05, 0.1) is 13.0 Å². The fraction of sp³-hybridized carbons (Fsp3) is 0.846. The Bertz CT molecular complexity index is 265. The van der Waals surface area contributed by atoms with E-state index in [9.17, 15) is 18.4 Å². The van der Waals surface area contributed by atoms with Crippen molar-refractivity contribution in [2.24, 2.45) is 0 Å². The summed E-state index contributed by atoms with van der Waals surface area (Å²) in [4.78, 5) is 21.9. The predicted molar refractivity (Wildman–Crippen MR) is 64.6 cm³/mol. The van der Waals surface area contributed by atoms with Gasteiger partial charge in [-0.25, -0.2) is 8.78 Å². The predicted octanol–water partition coefficient (Wildman–Crippen LogP) is 3.50. The Labute approximate surface area is 107 Å². The fourth-order valence-electron chi connectivity index (χ4n) is 1.53. The lowest BCUT2D eigenvalue weighted by Crippen LogP contribution is -2.18. The average molecular weight is 264 g/mol. The number of halogens is 2. The van der Waals surface area contributed by atoms with Gasteiger partial charge in [0.15, 0.2) is 0 Å². The molecule has 0 aliphatic rings. The minimum absolute atomic E-state index is 0.102. The van der Waals surface area contributed by atoms with Crippen molar-refractivity contribution in [3.05, 3.63) is 0 Å². The molecule has 0 amide bonds. The number of carbonyl (C=O) groups excluding carboxylic acids is 2. The maximum Gasteiger partial charge on any atom is 0.305 e. The molecule has 0 aliphatic carbocycles. The number of hydrogen-bond donors (Lipinski definition) is 0. The summed E-state index contributed by atoms with van der Waals surface area (Å²) in [7, 11) is 0. The number of carbonyl (C=O) groups is 2. The molecule has 18 heavy (non-hydrogen) atoms. The maximum atomic E-state index is 13.3. The monoisotopic (exact) mass is 264 g/mol. The van der Waals surface area contributed by atoms with Crippen LogP contribution >= 0.6 is 0 Å². The summed E-state index contributed by atoms with van der Waals surface area (Å²) < 4.78 is 31.3. The van der Waals surface area contributed by atoms with Gasteiger partial charge < -0.3 is 4.74 Å². The van der Waals surface area contributed by atoms with Crippen LogP contribution in [0.4, 0.5) is 8.78 Å². The summed E-state index contributed by atoms with van der Waals surface area (Å²) in [5.41, 5.74) is 0. The summed E-state index contributed by atoms with van der Waals surface area (Å²) in [5.74, 6) is -3.33. The maximum absolute atomic E-state index is 13.3. The van der Waals surface area contributed by atoms with E-state index in [4.69, 9.17) is 0 Å². The molecular weight excluding hydrogens is 242 g/mol. The molecule has 0 aromatic carbocycles. The minimum atomic E-state index is -2.85. The zero-order valence-corrected chi connectivity index (χ0v) is 11.1. The van der Waals surface area contributed by atoms with Gasteiger partial charge in [0.1, 0.15) is 5.78 Å². The molecule has 0 spiro atoms. The van der Waals surface area contributed by atoms with E-state index >= 15 is 0 Å². The van der Waals surface area contributed by atoms with Crippen LogP contribution in [0.15, 0.2) is 0 Å². The van der Waals surface area contributed by atoms with Gasteiger partial charge in [0.2, 0.25) is 5.92 Å². The number of ether oxygens (including phenoxy) is 1. The Balaban J connectivity index is 3.72. The smallest absolute Gasteiger partial charge is 0.305 e. The van der Waals surface area contributed by atoms with Crippen molar-refractivity contribution < 1.29 is 23.1 Å². The van der Waals surface area contributed by atoms with Crippen LogP contribution in [0.3, 0.4) is 0 Å². The number of hydrogen-bond acceptors (Lipinski definition) is 3. The second kappa shape index (κ2) is 9.00. The fourth-order valence-corrected chi connectivity index (χ4v) is 1.53. The molecule has 0 fully saturated rings. The number of esters is 1. The zero-order valence-electron chi connectivity index (χ0n) is 11.1. The van der Waals surface area contributed by atoms with Crippen LogP contribution in [0.1, 0.15) is 58.8 Å². The summed E-state index contributed by atoms with van der Waals surface area (Å²) in [6.45, 7) is 3.61. The molecule has 0 bridgehead atoms. The van der Waals surface area contributed by atoms with E-state index in [1.807, 2.05) is 0 Å². The number of ketones is 1. The Kier molecular flexibility index (Phi) is 8.50. The number of rotatable bonds is 10. The molecular formula is C13H22F2O3. The van der Waals surface area contributed by atoms with Crippen LogP contribution in [0.5, 0.6) is 0 Å². The average Bonchev–Trinajstić information content (AvgIpc) is 2.32. The highest BCUT2D eigenvalue weighted by Crippen LogP contribution is 2.27. The molecule has 0 atom stereocenters. The van der Waals surface area contributed by atoms with Crippen molar-refractivity contribution in [1.82, 2.24) is 0 Å². The highest BCUT2D eigenvalue weighted by atomic mass is 19.3. The molecule has 0 rings (SSSR count). The van der Waals surface area contributed by atoms with Crippen LogP contribution in [-0.4, -0.2) is 24.3 Å². The third-order valence-corrected chi connectivity index (χ3v) is 2.64. The molecule has 0 saturated heterocycles. The Morgan fingerprint density at radius 2 is 1.72 bits per heavy atom. The molecule has 0 saturated carbocycles. The van der Waals surface area contributed by atoms with Gasteiger partial charge in [-0.05, 0) is 19.8 Å². The third-order valence-electron chi connectivity index (χ3n) is 2.64. The van der Waals surface area contributed by atoms with Gasteiger partial charge in [-0.15, -0.1) is 0 Å². The molecule has 0 aromatic heterocycles. The highest BCUT2D eigenvalue weighted by Gasteiger charge is 2.29. The van der Waals surface area contributed by atoms with Crippen LogP contribution in [-0.2, 0) is 14.3 Å². The van der Waals surface area contributed by atoms with Crippen molar-refractivity contribution in [3.8, 4) is 0 Å². The van der Waals surface area contributed by atoms with E-state index in [0.29, 0.717) is 25.7 Å². The standard InChI is InChI=1S/C13H22F2O3/c1-3-11(16)7-5-6-9-13(14,15)10-8-12(17)18-4-2/h3-10H2,1-2H3. The molecule has 5 heteroatoms. The van der Waals surface area contributed by atoms with Crippen molar-refractivity contribution in [1.29, 1.82) is 0 Å². The van der Waals surface area contributed by atoms with Crippen LogP contribution in [0, 0.1) is 0 Å². The molecule has 0 heterocycles. The molecule has 3 nitrogen and oxygen atoms in total. The normalized spacial score (nSPS) is 11.3. The lowest BCUT2D eigenvalue weighted by Gasteiger charge is -2.15. The number of unbranched alkanes of at least 4 members (excludes halogenated alkanes) is 1. The van der Waals surface area contributed by atoms with Gasteiger partial charge in [-0.1, -0.05) is 6.92 Å². The lowest BCUT2D eigenvalue weighted by molar-refractivity contribution is -0.145. The topological polar surface area (TPSA) is 43.4 Å². The summed E-state index contributed by atoms with van der Waals surface area (Å²) in [6.07, 6.45) is 0.610. The van der Waals surface area contributed by atoms with E-state index < -0.39 is 18.3 Å². The largest absolute Gasteiger partial charge is 0.466 e. The van der Waals surface area contributed by atoms with Crippen LogP contribution in [0.2, 0.25) is 0 Å². The second-order valence-corrected chi connectivity index (χ2v) is 4.26. The SMILES string of the molecule is CCOC(=O)CCC(F)(F)CCCCC(=O)CC. The van der Waals surface area contributed by atoms with E-state index in [1.165, 1.54) is 0 Å². The van der Waals surface area contributed by atoms with Gasteiger partial charge >= 0.3 is 5.97 Å². The molecule has 0 aliphatic heterocycles. The van der Waals surface area contributed by atoms with Gasteiger partial charge in [0, 0.05) is 25.7 Å². The van der Waals surface area contributed by atoms with Crippen LogP contribution < -0.4 is 0 Å². The van der Waals surface area contributed by atoms with Crippen molar-refractivity contribution in [3.63, 3.8) is 0 Å². The first-order chi connectivity index (χ1) is 8.41. The molecule has 0 unspecified atom stereocenters. The lowest BCUT2D eigenvalue weighted by atomic mass is 10.0. The first-order valence-corrected chi connectivity index (χ1v) is 6.46. The zero-order chi connectivity index (χ0) is 14.0. The third kappa shape index (κ3) is 9.07. The van der Waals surface area contributed by atoms with Gasteiger partial charge in [-0.2, -0.15) is 0 Å². The first kappa shape index (κ1) is 17.0. The molecule has 0 aromatic rings. The number of alkyl halides is 2. The van der Waals surface area contributed by atoms with Crippen molar-refractivity contribution in [2.75, 3.05) is 6.61 Å². The van der Waals surface area contributed by atoms with Crippen molar-refractivity contribution in [2.45, 2.75) is 64.7 Å². The van der Waals surface area contributed by atoms with Crippen LogP contribution in [0.25, 0.3) is 0 Å². The van der Waals surface area contributed by atoms with E-state index in [0.717, 1.165) is 0 Å². The minimum Gasteiger partial charge on any atom is -0.466 e. The summed E-state index contributed by atoms with van der Waals surface area (Å²) in [6, 6.07) is 0. The molecule has 106 valence electrons. The van der Waals surface area contributed by atoms with E-state index in [1.54, 1.807) is 13.8 Å². The second-order valence-electron chi connectivity index (χ2n) is 4.26. The number of Topliss-reactive ketones (excluding diaryl/α,β-unsaturated/α-hetero) is 1.